The number of methoxy groups -OCH3 is 1. The molecule has 0 saturated heterocycles. The number of hydrogen-bond donors (Lipinski definition) is 1. The highest BCUT2D eigenvalue weighted by atomic mass is 32.1. The molecule has 0 aliphatic carbocycles. The molecule has 30 heavy (non-hydrogen) atoms. The first kappa shape index (κ1) is 23.2. The maximum Gasteiger partial charge on any atom is 0.344 e. The summed E-state index contributed by atoms with van der Waals surface area (Å²) in [6.07, 6.45) is 2.87. The Balaban J connectivity index is 1.90. The summed E-state index contributed by atoms with van der Waals surface area (Å²) in [5.74, 6) is -0.219. The van der Waals surface area contributed by atoms with Gasteiger partial charge in [-0.2, -0.15) is 0 Å². The summed E-state index contributed by atoms with van der Waals surface area (Å²) in [4.78, 5) is 36.9. The van der Waals surface area contributed by atoms with Gasteiger partial charge in [0.2, 0.25) is 11.7 Å². The quantitative estimate of drug-likeness (QED) is 0.456. The van der Waals surface area contributed by atoms with Crippen LogP contribution >= 0.6 is 11.3 Å². The lowest BCUT2D eigenvalue weighted by atomic mass is 10.2. The van der Waals surface area contributed by atoms with Crippen LogP contribution in [-0.4, -0.2) is 37.5 Å². The molecule has 1 N–H and O–H groups in total. The van der Waals surface area contributed by atoms with Crippen molar-refractivity contribution in [1.82, 2.24) is 5.32 Å². The molecule has 7 nitrogen and oxygen atoms in total. The number of rotatable bonds is 10. The molecule has 0 bridgehead atoms. The maximum atomic E-state index is 12.5. The average Bonchev–Trinajstić information content (AvgIpc) is 3.19. The van der Waals surface area contributed by atoms with E-state index in [0.29, 0.717) is 22.9 Å². The average molecular weight is 432 g/mol. The smallest absolute Gasteiger partial charge is 0.344 e. The third kappa shape index (κ3) is 6.73. The van der Waals surface area contributed by atoms with Crippen LogP contribution in [0.15, 0.2) is 36.4 Å². The SMILES string of the molecule is C/C=C/c1ccc(OCC(=O)OC(C)C(=O)c2ccc(CNC(C)=O)s2)c(OC)c1. The lowest BCUT2D eigenvalue weighted by Gasteiger charge is -2.13. The molecule has 0 aliphatic heterocycles. The van der Waals surface area contributed by atoms with Crippen LogP contribution in [-0.2, 0) is 20.9 Å². The van der Waals surface area contributed by atoms with Crippen molar-refractivity contribution >= 4 is 35.1 Å². The Morgan fingerprint density at radius 2 is 1.93 bits per heavy atom. The number of Topliss-reactive ketones (excluding diaryl/α,β-unsaturated/α-hetero) is 1. The van der Waals surface area contributed by atoms with Crippen molar-refractivity contribution in [2.24, 2.45) is 0 Å². The fourth-order valence-corrected chi connectivity index (χ4v) is 3.50. The van der Waals surface area contributed by atoms with Gasteiger partial charge in [0, 0.05) is 11.8 Å². The second-order valence-electron chi connectivity index (χ2n) is 6.37. The summed E-state index contributed by atoms with van der Waals surface area (Å²) >= 11 is 1.25. The van der Waals surface area contributed by atoms with E-state index in [-0.39, 0.29) is 18.3 Å². The Hall–Kier alpha value is -3.13. The minimum Gasteiger partial charge on any atom is -0.493 e. The number of carbonyl (C=O) groups is 3. The molecule has 1 unspecified atom stereocenters. The highest BCUT2D eigenvalue weighted by Gasteiger charge is 2.21. The first-order valence-corrected chi connectivity index (χ1v) is 10.2. The van der Waals surface area contributed by atoms with Crippen LogP contribution in [0.3, 0.4) is 0 Å². The van der Waals surface area contributed by atoms with Crippen LogP contribution in [0.25, 0.3) is 6.08 Å². The molecule has 2 aromatic rings. The Labute approximate surface area is 179 Å². The molecule has 1 heterocycles. The van der Waals surface area contributed by atoms with E-state index in [1.165, 1.54) is 32.3 Å². The molecule has 1 atom stereocenters. The second kappa shape index (κ2) is 11.2. The van der Waals surface area contributed by atoms with Gasteiger partial charge in [-0.1, -0.05) is 18.2 Å². The van der Waals surface area contributed by atoms with E-state index in [2.05, 4.69) is 5.32 Å². The molecule has 8 heteroatoms. The normalized spacial score (nSPS) is 11.7. The summed E-state index contributed by atoms with van der Waals surface area (Å²) in [6, 6.07) is 8.75. The van der Waals surface area contributed by atoms with E-state index in [0.717, 1.165) is 10.4 Å². The first-order valence-electron chi connectivity index (χ1n) is 9.34. The topological polar surface area (TPSA) is 90.9 Å². The molecule has 1 amide bonds. The van der Waals surface area contributed by atoms with Crippen molar-refractivity contribution < 1.29 is 28.6 Å². The first-order chi connectivity index (χ1) is 14.3. The van der Waals surface area contributed by atoms with Crippen LogP contribution in [0.4, 0.5) is 0 Å². The van der Waals surface area contributed by atoms with E-state index in [9.17, 15) is 14.4 Å². The number of hydrogen-bond acceptors (Lipinski definition) is 7. The van der Waals surface area contributed by atoms with Crippen molar-refractivity contribution in [3.63, 3.8) is 0 Å². The maximum absolute atomic E-state index is 12.5. The van der Waals surface area contributed by atoms with Crippen molar-refractivity contribution in [2.45, 2.75) is 33.4 Å². The number of ketones is 1. The Kier molecular flexibility index (Phi) is 8.61. The van der Waals surface area contributed by atoms with Crippen LogP contribution in [0.5, 0.6) is 11.5 Å². The number of ether oxygens (including phenoxy) is 3. The number of allylic oxidation sites excluding steroid dienone is 1. The molecule has 0 saturated carbocycles. The number of amides is 1. The Morgan fingerprint density at radius 3 is 2.60 bits per heavy atom. The van der Waals surface area contributed by atoms with E-state index >= 15 is 0 Å². The number of carbonyl (C=O) groups excluding carboxylic acids is 3. The molecule has 160 valence electrons. The standard InChI is InChI=1S/C22H25NO6S/c1-5-6-16-7-9-18(19(11-16)27-4)28-13-21(25)29-14(2)22(26)20-10-8-17(30-20)12-23-15(3)24/h5-11,14H,12-13H2,1-4H3,(H,23,24)/b6-5+. The van der Waals surface area contributed by atoms with Gasteiger partial charge in [0.25, 0.3) is 0 Å². The van der Waals surface area contributed by atoms with E-state index in [4.69, 9.17) is 14.2 Å². The van der Waals surface area contributed by atoms with Crippen molar-refractivity contribution in [1.29, 1.82) is 0 Å². The van der Waals surface area contributed by atoms with E-state index in [1.54, 1.807) is 24.3 Å². The fourth-order valence-electron chi connectivity index (χ4n) is 2.54. The van der Waals surface area contributed by atoms with Crippen molar-refractivity contribution in [3.05, 3.63) is 51.7 Å². The Bertz CT molecular complexity index is 933. The molecule has 0 fully saturated rings. The molecule has 0 spiro atoms. The van der Waals surface area contributed by atoms with E-state index < -0.39 is 12.1 Å². The van der Waals surface area contributed by atoms with Crippen LogP contribution < -0.4 is 14.8 Å². The minimum atomic E-state index is -0.952. The van der Waals surface area contributed by atoms with Gasteiger partial charge in [0.1, 0.15) is 0 Å². The second-order valence-corrected chi connectivity index (χ2v) is 7.54. The van der Waals surface area contributed by atoms with Crippen LogP contribution in [0.2, 0.25) is 0 Å². The molecule has 1 aromatic heterocycles. The highest BCUT2D eigenvalue weighted by Crippen LogP contribution is 2.28. The van der Waals surface area contributed by atoms with Gasteiger partial charge < -0.3 is 19.5 Å². The van der Waals surface area contributed by atoms with Gasteiger partial charge in [-0.05, 0) is 43.7 Å². The zero-order valence-electron chi connectivity index (χ0n) is 17.4. The summed E-state index contributed by atoms with van der Waals surface area (Å²) in [6.45, 7) is 4.85. The van der Waals surface area contributed by atoms with Crippen LogP contribution in [0.1, 0.15) is 40.9 Å². The number of esters is 1. The van der Waals surface area contributed by atoms with Crippen molar-refractivity contribution in [2.75, 3.05) is 13.7 Å². The molecule has 0 aliphatic rings. The Morgan fingerprint density at radius 1 is 1.17 bits per heavy atom. The number of benzene rings is 1. The molecular formula is C22H25NO6S. The van der Waals surface area contributed by atoms with Gasteiger partial charge in [-0.25, -0.2) is 4.79 Å². The molecular weight excluding hydrogens is 406 g/mol. The summed E-state index contributed by atoms with van der Waals surface area (Å²) in [5, 5.41) is 2.67. The van der Waals surface area contributed by atoms with Gasteiger partial charge >= 0.3 is 5.97 Å². The number of nitrogens with one attached hydrogen (secondary N) is 1. The highest BCUT2D eigenvalue weighted by molar-refractivity contribution is 7.14. The molecule has 0 radical (unpaired) electrons. The molecule has 2 rings (SSSR count). The van der Waals surface area contributed by atoms with Gasteiger partial charge in [0.05, 0.1) is 18.5 Å². The van der Waals surface area contributed by atoms with Crippen molar-refractivity contribution in [3.8, 4) is 11.5 Å². The van der Waals surface area contributed by atoms with E-state index in [1.807, 2.05) is 25.1 Å². The predicted octanol–water partition coefficient (Wildman–Crippen LogP) is 3.62. The van der Waals surface area contributed by atoms with Gasteiger partial charge in [-0.15, -0.1) is 11.3 Å². The van der Waals surface area contributed by atoms with Gasteiger partial charge in [-0.3, -0.25) is 9.59 Å². The zero-order chi connectivity index (χ0) is 22.1. The summed E-state index contributed by atoms with van der Waals surface area (Å²) in [5.41, 5.74) is 0.942. The predicted molar refractivity (Wildman–Crippen MR) is 115 cm³/mol. The fraction of sp³-hybridized carbons (Fsp3) is 0.318. The largest absolute Gasteiger partial charge is 0.493 e. The minimum absolute atomic E-state index is 0.147. The van der Waals surface area contributed by atoms with Gasteiger partial charge in [0.15, 0.2) is 24.2 Å². The van der Waals surface area contributed by atoms with Crippen LogP contribution in [0, 0.1) is 0 Å². The monoisotopic (exact) mass is 431 g/mol. The number of thiophene rings is 1. The summed E-state index contributed by atoms with van der Waals surface area (Å²) in [7, 11) is 1.52. The third-order valence-corrected chi connectivity index (χ3v) is 5.09. The molecule has 1 aromatic carbocycles. The summed E-state index contributed by atoms with van der Waals surface area (Å²) < 4.78 is 16.0. The zero-order valence-corrected chi connectivity index (χ0v) is 18.2. The lowest BCUT2D eigenvalue weighted by Crippen LogP contribution is -2.26. The lowest BCUT2D eigenvalue weighted by molar-refractivity contribution is -0.148. The third-order valence-electron chi connectivity index (χ3n) is 3.99.